The number of anilines is 1. The van der Waals surface area contributed by atoms with Crippen molar-refractivity contribution in [3.05, 3.63) is 89.1 Å². The van der Waals surface area contributed by atoms with Crippen molar-refractivity contribution in [3.63, 3.8) is 0 Å². The molecular weight excluding hydrogens is 346 g/mol. The largest absolute Gasteiger partial charge is 0.488 e. The first-order valence-corrected chi connectivity index (χ1v) is 9.75. The van der Waals surface area contributed by atoms with E-state index in [1.54, 1.807) is 6.20 Å². The highest BCUT2D eigenvalue weighted by Gasteiger charge is 2.15. The molecule has 2 aromatic carbocycles. The van der Waals surface area contributed by atoms with Gasteiger partial charge in [-0.05, 0) is 48.7 Å². The van der Waals surface area contributed by atoms with Crippen LogP contribution >= 0.6 is 0 Å². The van der Waals surface area contributed by atoms with Gasteiger partial charge in [0.25, 0.3) is 0 Å². The van der Waals surface area contributed by atoms with Crippen LogP contribution in [0.3, 0.4) is 0 Å². The third-order valence-electron chi connectivity index (χ3n) is 4.70. The van der Waals surface area contributed by atoms with Crippen molar-refractivity contribution in [2.24, 2.45) is 0 Å². The first kappa shape index (κ1) is 19.6. The molecule has 4 heteroatoms. The van der Waals surface area contributed by atoms with Gasteiger partial charge in [0.05, 0.1) is 5.71 Å². The van der Waals surface area contributed by atoms with Crippen LogP contribution in [0.4, 0.5) is 5.82 Å². The van der Waals surface area contributed by atoms with Gasteiger partial charge in [-0.2, -0.15) is 0 Å². The molecule has 0 aliphatic carbocycles. The lowest BCUT2D eigenvalue weighted by molar-refractivity contribution is 0.305. The first-order chi connectivity index (χ1) is 13.7. The molecule has 3 aromatic rings. The van der Waals surface area contributed by atoms with E-state index >= 15 is 0 Å². The minimum Gasteiger partial charge on any atom is -0.488 e. The van der Waals surface area contributed by atoms with Gasteiger partial charge in [-0.25, -0.2) is 4.98 Å². The molecular formula is C24H27N3O. The Morgan fingerprint density at radius 1 is 1.00 bits per heavy atom. The van der Waals surface area contributed by atoms with Gasteiger partial charge in [-0.3, -0.25) is 5.41 Å². The standard InChI is InChI=1S/C24H27N3O/c1-3-4-15-26-24-21(13-9-16-27-24)23(25)20-12-7-8-14-22(20)28-17-19-11-6-5-10-18(19)2/h5-14,16,25H,3-4,15,17H2,1-2H3,(H,26,27). The Balaban J connectivity index is 1.83. The van der Waals surface area contributed by atoms with E-state index in [9.17, 15) is 0 Å². The maximum atomic E-state index is 8.80. The highest BCUT2D eigenvalue weighted by atomic mass is 16.5. The minimum atomic E-state index is 0.410. The number of unbranched alkanes of at least 4 members (excludes halogenated alkanes) is 1. The molecule has 0 spiro atoms. The Morgan fingerprint density at radius 2 is 1.75 bits per heavy atom. The number of ether oxygens (including phenoxy) is 1. The lowest BCUT2D eigenvalue weighted by Crippen LogP contribution is -2.12. The molecule has 0 unspecified atom stereocenters. The van der Waals surface area contributed by atoms with Crippen LogP contribution in [-0.4, -0.2) is 17.2 Å². The summed E-state index contributed by atoms with van der Waals surface area (Å²) in [5.74, 6) is 1.45. The average molecular weight is 374 g/mol. The lowest BCUT2D eigenvalue weighted by atomic mass is 10.0. The number of aryl methyl sites for hydroxylation is 1. The normalized spacial score (nSPS) is 10.5. The quantitative estimate of drug-likeness (QED) is 0.379. The van der Waals surface area contributed by atoms with Crippen molar-refractivity contribution >= 4 is 11.5 Å². The van der Waals surface area contributed by atoms with Gasteiger partial charge in [0.1, 0.15) is 18.2 Å². The number of hydrogen-bond donors (Lipinski definition) is 2. The molecule has 3 rings (SSSR count). The third-order valence-corrected chi connectivity index (χ3v) is 4.70. The van der Waals surface area contributed by atoms with E-state index < -0.39 is 0 Å². The highest BCUT2D eigenvalue weighted by Crippen LogP contribution is 2.25. The molecule has 28 heavy (non-hydrogen) atoms. The Bertz CT molecular complexity index is 936. The van der Waals surface area contributed by atoms with Crippen LogP contribution < -0.4 is 10.1 Å². The molecule has 0 amide bonds. The number of hydrogen-bond acceptors (Lipinski definition) is 4. The second kappa shape index (κ2) is 9.70. The number of pyridine rings is 1. The zero-order chi connectivity index (χ0) is 19.8. The Labute approximate surface area is 167 Å². The third kappa shape index (κ3) is 4.77. The van der Waals surface area contributed by atoms with E-state index in [2.05, 4.69) is 36.3 Å². The van der Waals surface area contributed by atoms with Crippen LogP contribution in [0.2, 0.25) is 0 Å². The Kier molecular flexibility index (Phi) is 6.79. The Hall–Kier alpha value is -3.14. The predicted molar refractivity (Wildman–Crippen MR) is 116 cm³/mol. The van der Waals surface area contributed by atoms with Gasteiger partial charge < -0.3 is 10.1 Å². The Morgan fingerprint density at radius 3 is 2.57 bits per heavy atom. The molecule has 4 nitrogen and oxygen atoms in total. The summed E-state index contributed by atoms with van der Waals surface area (Å²) in [5.41, 5.74) is 4.30. The zero-order valence-corrected chi connectivity index (χ0v) is 16.5. The molecule has 0 bridgehead atoms. The maximum Gasteiger partial charge on any atom is 0.135 e. The minimum absolute atomic E-state index is 0.410. The zero-order valence-electron chi connectivity index (χ0n) is 16.5. The molecule has 0 saturated carbocycles. The fourth-order valence-corrected chi connectivity index (χ4v) is 3.00. The summed E-state index contributed by atoms with van der Waals surface area (Å²) in [7, 11) is 0. The summed E-state index contributed by atoms with van der Waals surface area (Å²) in [6.45, 7) is 5.56. The van der Waals surface area contributed by atoms with Gasteiger partial charge in [-0.15, -0.1) is 0 Å². The van der Waals surface area contributed by atoms with Crippen molar-refractivity contribution in [1.82, 2.24) is 4.98 Å². The number of nitrogens with zero attached hydrogens (tertiary/aromatic N) is 1. The highest BCUT2D eigenvalue weighted by molar-refractivity contribution is 6.15. The number of aromatic nitrogens is 1. The van der Waals surface area contributed by atoms with E-state index in [0.29, 0.717) is 18.1 Å². The van der Waals surface area contributed by atoms with Gasteiger partial charge >= 0.3 is 0 Å². The van der Waals surface area contributed by atoms with Crippen molar-refractivity contribution in [1.29, 1.82) is 5.41 Å². The number of nitrogens with one attached hydrogen (secondary N) is 2. The fourth-order valence-electron chi connectivity index (χ4n) is 3.00. The molecule has 0 atom stereocenters. The number of benzene rings is 2. The van der Waals surface area contributed by atoms with Crippen LogP contribution in [0, 0.1) is 12.3 Å². The second-order valence-corrected chi connectivity index (χ2v) is 6.77. The van der Waals surface area contributed by atoms with E-state index in [1.807, 2.05) is 48.5 Å². The van der Waals surface area contributed by atoms with Crippen molar-refractivity contribution in [2.45, 2.75) is 33.3 Å². The first-order valence-electron chi connectivity index (χ1n) is 9.75. The summed E-state index contributed by atoms with van der Waals surface area (Å²) >= 11 is 0. The predicted octanol–water partition coefficient (Wildman–Crippen LogP) is 5.60. The van der Waals surface area contributed by atoms with Crippen LogP contribution in [0.1, 0.15) is 42.0 Å². The fraction of sp³-hybridized carbons (Fsp3) is 0.250. The summed E-state index contributed by atoms with van der Waals surface area (Å²) in [6, 6.07) is 19.7. The van der Waals surface area contributed by atoms with E-state index in [-0.39, 0.29) is 0 Å². The van der Waals surface area contributed by atoms with Gasteiger partial charge in [0.2, 0.25) is 0 Å². The number of rotatable bonds is 9. The number of para-hydroxylation sites is 1. The van der Waals surface area contributed by atoms with Crippen LogP contribution in [0.25, 0.3) is 0 Å². The van der Waals surface area contributed by atoms with Gasteiger partial charge in [-0.1, -0.05) is 49.7 Å². The SMILES string of the molecule is CCCCNc1ncccc1C(=N)c1ccccc1OCc1ccccc1C. The molecule has 2 N–H and O–H groups in total. The van der Waals surface area contributed by atoms with Crippen molar-refractivity contribution in [2.75, 3.05) is 11.9 Å². The summed E-state index contributed by atoms with van der Waals surface area (Å²) in [6.07, 6.45) is 3.94. The monoisotopic (exact) mass is 373 g/mol. The summed E-state index contributed by atoms with van der Waals surface area (Å²) in [5, 5.41) is 12.2. The molecule has 144 valence electrons. The topological polar surface area (TPSA) is 58.0 Å². The molecule has 0 radical (unpaired) electrons. The molecule has 0 aliphatic heterocycles. The molecule has 0 saturated heterocycles. The van der Waals surface area contributed by atoms with Crippen LogP contribution in [0.5, 0.6) is 5.75 Å². The summed E-state index contributed by atoms with van der Waals surface area (Å²) < 4.78 is 6.10. The molecule has 1 aromatic heterocycles. The lowest BCUT2D eigenvalue weighted by Gasteiger charge is -2.15. The van der Waals surface area contributed by atoms with Gasteiger partial charge in [0.15, 0.2) is 0 Å². The van der Waals surface area contributed by atoms with Gasteiger partial charge in [0, 0.05) is 23.9 Å². The van der Waals surface area contributed by atoms with Crippen LogP contribution in [0.15, 0.2) is 66.9 Å². The molecule has 0 fully saturated rings. The van der Waals surface area contributed by atoms with E-state index in [0.717, 1.165) is 41.9 Å². The van der Waals surface area contributed by atoms with E-state index in [4.69, 9.17) is 10.1 Å². The summed E-state index contributed by atoms with van der Waals surface area (Å²) in [4.78, 5) is 4.44. The van der Waals surface area contributed by atoms with Crippen molar-refractivity contribution in [3.8, 4) is 5.75 Å². The van der Waals surface area contributed by atoms with Crippen molar-refractivity contribution < 1.29 is 4.74 Å². The second-order valence-electron chi connectivity index (χ2n) is 6.77. The maximum absolute atomic E-state index is 8.80. The molecule has 0 aliphatic rings. The smallest absolute Gasteiger partial charge is 0.135 e. The average Bonchev–Trinajstić information content (AvgIpc) is 2.73. The molecule has 1 heterocycles. The van der Waals surface area contributed by atoms with Crippen LogP contribution in [-0.2, 0) is 6.61 Å². The van der Waals surface area contributed by atoms with E-state index in [1.165, 1.54) is 5.56 Å².